The van der Waals surface area contributed by atoms with Crippen molar-refractivity contribution in [3.05, 3.63) is 0 Å². The van der Waals surface area contributed by atoms with E-state index in [9.17, 15) is 56.2 Å². The van der Waals surface area contributed by atoms with Gasteiger partial charge in [0.2, 0.25) is 0 Å². The molecular weight excluding hydrogens is 1430 g/mol. The van der Waals surface area contributed by atoms with Gasteiger partial charge in [-0.15, -0.1) is 0 Å². The van der Waals surface area contributed by atoms with E-state index in [0.29, 0.717) is 45.9 Å². The van der Waals surface area contributed by atoms with Crippen LogP contribution in [0.4, 0.5) is 0 Å². The molecule has 13 unspecified atom stereocenters. The monoisotopic (exact) mass is 1600 g/mol. The highest BCUT2D eigenvalue weighted by Gasteiger charge is 2.30. The van der Waals surface area contributed by atoms with Crippen molar-refractivity contribution in [1.29, 1.82) is 0 Å². The minimum absolute atomic E-state index is 0.00129. The highest BCUT2D eigenvalue weighted by Crippen LogP contribution is 2.22. The molecule has 0 aliphatic rings. The Morgan fingerprint density at radius 3 is 0.845 bits per heavy atom. The Balaban J connectivity index is 6.61. The lowest BCUT2D eigenvalue weighted by molar-refractivity contribution is -0.146. The zero-order chi connectivity index (χ0) is 80.7. The van der Waals surface area contributed by atoms with Gasteiger partial charge in [-0.2, -0.15) is 0 Å². The maximum absolute atomic E-state index is 11.1. The van der Waals surface area contributed by atoms with Crippen molar-refractivity contribution in [3.63, 3.8) is 0 Å². The molecule has 0 aromatic heterocycles. The Hall–Kier alpha value is -1.08. The quantitative estimate of drug-likeness (QED) is 0.0253. The van der Waals surface area contributed by atoms with Crippen LogP contribution in [0.1, 0.15) is 253 Å². The first kappa shape index (κ1) is 109. The normalized spacial score (nSPS) is 16.0. The predicted molar refractivity (Wildman–Crippen MR) is 426 cm³/mol. The standard InChI is InChI=1S/C83H168O27/c1-6-10-14-18-22-26-30-34-41-95-45-39-71(91)52-100-68-83(5,70-102-63-80(59-97-54-73(93)47-86)110-67-81(106-55-74(94)48-87)61-98-56-76(49-88)104-43-36-32-28-24-20-16-12-8-3)69-101-57-77(50-89)107-66-82(108-64-75(38-40-84)103-42-35-31-27-23-19-15-11-7-2)62-99-60-79(58-96-53-72(92)46-85)109-65-78(51-90)105-44-37-33-29-25-21-17-13-9-4/h71-82,84-94H,6-70H2,1-5H3. The van der Waals surface area contributed by atoms with Gasteiger partial charge < -0.3 is 132 Å². The molecule has 0 bridgehead atoms. The van der Waals surface area contributed by atoms with Gasteiger partial charge in [0.25, 0.3) is 0 Å². The molecule has 27 nitrogen and oxygen atoms in total. The summed E-state index contributed by atoms with van der Waals surface area (Å²) < 4.78 is 98.2. The smallest absolute Gasteiger partial charge is 0.104 e. The number of aliphatic hydroxyl groups excluding tert-OH is 11. The average molecular weight is 1600 g/mol. The lowest BCUT2D eigenvalue weighted by atomic mass is 9.94. The third-order valence-electron chi connectivity index (χ3n) is 18.8. The zero-order valence-electron chi connectivity index (χ0n) is 69.8. The molecule has 27 heteroatoms. The van der Waals surface area contributed by atoms with Crippen LogP contribution in [0.5, 0.6) is 0 Å². The SMILES string of the molecule is CCCCCCCCCCOCCC(O)COCC(C)(COCC(CO)OCC(COCC(COCC(O)CO)OCC(CO)OCCCCCCCCCC)OCC(CCO)OCCCCCCCCCC)COCC(COCC(O)CO)OCC(COCC(CO)OCCCCCCCCCC)OCC(O)CO. The minimum atomic E-state index is -1.17. The molecule has 0 heterocycles. The lowest BCUT2D eigenvalue weighted by Gasteiger charge is -2.31. The molecule has 0 aromatic rings. The van der Waals surface area contributed by atoms with Crippen molar-refractivity contribution >= 4 is 0 Å². The molecule has 0 saturated heterocycles. The van der Waals surface area contributed by atoms with E-state index in [4.69, 9.17) is 75.8 Å². The highest BCUT2D eigenvalue weighted by molar-refractivity contribution is 4.76. The highest BCUT2D eigenvalue weighted by atomic mass is 16.6. The molecule has 11 N–H and O–H groups in total. The van der Waals surface area contributed by atoms with E-state index in [0.717, 1.165) is 70.6 Å². The van der Waals surface area contributed by atoms with Crippen LogP contribution in [0.15, 0.2) is 0 Å². The number of unbranched alkanes of at least 4 members (excludes halogenated alkanes) is 28. The fourth-order valence-electron chi connectivity index (χ4n) is 11.7. The van der Waals surface area contributed by atoms with Crippen LogP contribution in [-0.2, 0) is 75.8 Å². The van der Waals surface area contributed by atoms with Crippen LogP contribution in [0.3, 0.4) is 0 Å². The molecule has 0 amide bonds. The van der Waals surface area contributed by atoms with Crippen LogP contribution >= 0.6 is 0 Å². The van der Waals surface area contributed by atoms with Crippen molar-refractivity contribution in [2.24, 2.45) is 5.41 Å². The van der Waals surface area contributed by atoms with Crippen LogP contribution in [0, 0.1) is 5.41 Å². The predicted octanol–water partition coefficient (Wildman–Crippen LogP) is 8.94. The van der Waals surface area contributed by atoms with Gasteiger partial charge in [-0.3, -0.25) is 0 Å². The molecule has 13 atom stereocenters. The summed E-state index contributed by atoms with van der Waals surface area (Å²) in [5, 5.41) is 112. The van der Waals surface area contributed by atoms with Crippen molar-refractivity contribution in [2.75, 3.05) is 205 Å². The van der Waals surface area contributed by atoms with Crippen molar-refractivity contribution in [1.82, 2.24) is 0 Å². The summed E-state index contributed by atoms with van der Waals surface area (Å²) in [6, 6.07) is 0. The molecule has 0 fully saturated rings. The Morgan fingerprint density at radius 2 is 0.464 bits per heavy atom. The molecule has 0 aliphatic heterocycles. The van der Waals surface area contributed by atoms with E-state index in [1.54, 1.807) is 0 Å². The van der Waals surface area contributed by atoms with Gasteiger partial charge in [-0.25, -0.2) is 0 Å². The van der Waals surface area contributed by atoms with Crippen LogP contribution in [-0.4, -0.2) is 334 Å². The second-order valence-corrected chi connectivity index (χ2v) is 30.3. The first-order chi connectivity index (χ1) is 53.7. The molecule has 0 aliphatic carbocycles. The fourth-order valence-corrected chi connectivity index (χ4v) is 11.7. The molecule has 110 heavy (non-hydrogen) atoms. The zero-order valence-corrected chi connectivity index (χ0v) is 69.8. The molecule has 0 saturated carbocycles. The number of hydrogen-bond donors (Lipinski definition) is 11. The summed E-state index contributed by atoms with van der Waals surface area (Å²) in [5.41, 5.74) is -0.893. The first-order valence-corrected chi connectivity index (χ1v) is 43.2. The van der Waals surface area contributed by atoms with E-state index >= 15 is 0 Å². The van der Waals surface area contributed by atoms with Gasteiger partial charge in [0.1, 0.15) is 61.0 Å². The number of ether oxygens (including phenoxy) is 16. The molecule has 0 spiro atoms. The fraction of sp³-hybridized carbons (Fsp3) is 1.00. The maximum Gasteiger partial charge on any atom is 0.104 e. The van der Waals surface area contributed by atoms with Crippen LogP contribution in [0.25, 0.3) is 0 Å². The first-order valence-electron chi connectivity index (χ1n) is 43.2. The Labute approximate surface area is 665 Å². The Morgan fingerprint density at radius 1 is 0.209 bits per heavy atom. The number of aliphatic hydroxyl groups is 11. The molecule has 662 valence electrons. The Kier molecular flexibility index (Phi) is 82.2. The van der Waals surface area contributed by atoms with Crippen molar-refractivity contribution in [3.8, 4) is 0 Å². The summed E-state index contributed by atoms with van der Waals surface area (Å²) in [5.74, 6) is 0. The third kappa shape index (κ3) is 71.1. The molecule has 0 rings (SSSR count). The number of rotatable bonds is 93. The average Bonchev–Trinajstić information content (AvgIpc) is 0.882. The van der Waals surface area contributed by atoms with E-state index in [-0.39, 0.29) is 145 Å². The summed E-state index contributed by atoms with van der Waals surface area (Å²) in [6.45, 7) is 9.88. The largest absolute Gasteiger partial charge is 0.396 e. The molecular formula is C83H168O27. The number of hydrogen-bond acceptors (Lipinski definition) is 27. The van der Waals surface area contributed by atoms with Gasteiger partial charge in [-0.05, 0) is 38.5 Å². The second-order valence-electron chi connectivity index (χ2n) is 30.3. The van der Waals surface area contributed by atoms with Gasteiger partial charge in [0.15, 0.2) is 0 Å². The summed E-state index contributed by atoms with van der Waals surface area (Å²) >= 11 is 0. The van der Waals surface area contributed by atoms with Gasteiger partial charge in [0.05, 0.1) is 177 Å². The molecule has 0 aromatic carbocycles. The van der Waals surface area contributed by atoms with Crippen molar-refractivity contribution in [2.45, 2.75) is 326 Å². The van der Waals surface area contributed by atoms with Gasteiger partial charge in [0, 0.05) is 45.1 Å². The second kappa shape index (κ2) is 83.0. The lowest BCUT2D eigenvalue weighted by Crippen LogP contribution is -2.40. The van der Waals surface area contributed by atoms with E-state index < -0.39 is 105 Å². The molecule has 0 radical (unpaired) electrons. The van der Waals surface area contributed by atoms with Gasteiger partial charge in [-0.1, -0.05) is 214 Å². The maximum atomic E-state index is 11.1. The van der Waals surface area contributed by atoms with E-state index in [1.165, 1.54) is 135 Å². The third-order valence-corrected chi connectivity index (χ3v) is 18.8. The van der Waals surface area contributed by atoms with E-state index in [1.807, 2.05) is 6.92 Å². The van der Waals surface area contributed by atoms with E-state index in [2.05, 4.69) is 27.7 Å². The minimum Gasteiger partial charge on any atom is -0.396 e. The summed E-state index contributed by atoms with van der Waals surface area (Å²) in [6.07, 6.45) is 28.0. The van der Waals surface area contributed by atoms with Gasteiger partial charge >= 0.3 is 0 Å². The van der Waals surface area contributed by atoms with Crippen LogP contribution in [0.2, 0.25) is 0 Å². The van der Waals surface area contributed by atoms with Crippen LogP contribution < -0.4 is 0 Å². The topological polar surface area (TPSA) is 370 Å². The summed E-state index contributed by atoms with van der Waals surface area (Å²) in [4.78, 5) is 0. The summed E-state index contributed by atoms with van der Waals surface area (Å²) in [7, 11) is 0. The van der Waals surface area contributed by atoms with Crippen molar-refractivity contribution < 1.29 is 132 Å². The Bertz CT molecular complexity index is 1800.